The maximum absolute atomic E-state index is 13.4. The van der Waals surface area contributed by atoms with E-state index in [0.717, 1.165) is 108 Å². The summed E-state index contributed by atoms with van der Waals surface area (Å²) in [5.41, 5.74) is 2.22. The molecule has 45 heavy (non-hydrogen) atoms. The second kappa shape index (κ2) is 14.2. The highest BCUT2D eigenvalue weighted by Gasteiger charge is 2.66. The van der Waals surface area contributed by atoms with Crippen molar-refractivity contribution in [1.29, 1.82) is 0 Å². The van der Waals surface area contributed by atoms with E-state index < -0.39 is 0 Å². The molecule has 1 spiro atoms. The molecule has 0 bridgehead atoms. The average molecular weight is 627 g/mol. The summed E-state index contributed by atoms with van der Waals surface area (Å²) >= 11 is 0. The van der Waals surface area contributed by atoms with Crippen molar-refractivity contribution in [2.45, 2.75) is 155 Å². The molecule has 2 saturated heterocycles. The second-order valence-corrected chi connectivity index (χ2v) is 16.8. The summed E-state index contributed by atoms with van der Waals surface area (Å²) in [4.78, 5) is 15.4. The average Bonchev–Trinajstić information content (AvgIpc) is 3.52. The van der Waals surface area contributed by atoms with Gasteiger partial charge >= 0.3 is 6.09 Å². The normalized spacial score (nSPS) is 42.0. The van der Waals surface area contributed by atoms with Gasteiger partial charge in [-0.25, -0.2) is 4.79 Å². The van der Waals surface area contributed by atoms with Crippen LogP contribution in [0, 0.1) is 40.4 Å². The molecular weight excluding hydrogens is 560 g/mol. The monoisotopic (exact) mass is 627 g/mol. The van der Waals surface area contributed by atoms with Crippen molar-refractivity contribution < 1.29 is 19.0 Å². The van der Waals surface area contributed by atoms with Crippen LogP contribution in [0.4, 0.5) is 4.79 Å². The molecule has 3 saturated carbocycles. The van der Waals surface area contributed by atoms with E-state index in [0.29, 0.717) is 23.4 Å². The second-order valence-electron chi connectivity index (χ2n) is 16.8. The van der Waals surface area contributed by atoms with Gasteiger partial charge < -0.3 is 24.4 Å². The van der Waals surface area contributed by atoms with Crippen LogP contribution in [0.5, 0.6) is 0 Å². The first-order valence-electron chi connectivity index (χ1n) is 19.4. The van der Waals surface area contributed by atoms with Crippen molar-refractivity contribution in [2.75, 3.05) is 32.8 Å². The van der Waals surface area contributed by atoms with Crippen molar-refractivity contribution in [3.8, 4) is 0 Å². The molecule has 10 atom stereocenters. The fraction of sp³-hybridized carbons (Fsp3) is 0.923. The molecule has 6 nitrogen and oxygen atoms in total. The Hall–Kier alpha value is -1.11. The number of nitrogens with zero attached hydrogens (tertiary/aromatic N) is 1. The molecule has 256 valence electrons. The highest BCUT2D eigenvalue weighted by atomic mass is 16.7. The molecule has 0 unspecified atom stereocenters. The van der Waals surface area contributed by atoms with Gasteiger partial charge in [0.1, 0.15) is 6.10 Å². The van der Waals surface area contributed by atoms with Crippen LogP contribution in [0.1, 0.15) is 137 Å². The van der Waals surface area contributed by atoms with Gasteiger partial charge in [0.15, 0.2) is 5.79 Å². The van der Waals surface area contributed by atoms with Gasteiger partial charge in [0.25, 0.3) is 0 Å². The summed E-state index contributed by atoms with van der Waals surface area (Å²) < 4.78 is 19.6. The number of nitrogens with one attached hydrogen (secondary N) is 1. The minimum absolute atomic E-state index is 0.0261. The molecule has 0 aromatic carbocycles. The van der Waals surface area contributed by atoms with Crippen LogP contribution < -0.4 is 5.32 Å². The molecule has 6 heteroatoms. The molecule has 0 aromatic heterocycles. The molecule has 2 aliphatic heterocycles. The highest BCUT2D eigenvalue weighted by Crippen LogP contribution is 2.69. The van der Waals surface area contributed by atoms with Gasteiger partial charge in [0.2, 0.25) is 0 Å². The molecule has 1 N–H and O–H groups in total. The van der Waals surface area contributed by atoms with E-state index in [1.54, 1.807) is 5.57 Å². The van der Waals surface area contributed by atoms with E-state index in [1.807, 2.05) is 4.90 Å². The number of unbranched alkanes of at least 4 members (excludes halogenated alkanes) is 3. The van der Waals surface area contributed by atoms with Gasteiger partial charge in [0.05, 0.1) is 12.7 Å². The van der Waals surface area contributed by atoms with Gasteiger partial charge in [-0.2, -0.15) is 0 Å². The third-order valence-corrected chi connectivity index (χ3v) is 13.8. The lowest BCUT2D eigenvalue weighted by Gasteiger charge is -2.58. The summed E-state index contributed by atoms with van der Waals surface area (Å²) in [5, 5.41) is 3.49. The zero-order valence-electron chi connectivity index (χ0n) is 29.5. The molecule has 2 heterocycles. The number of hydrogen-bond donors (Lipinski definition) is 1. The predicted octanol–water partition coefficient (Wildman–Crippen LogP) is 8.88. The number of rotatable bonds is 12. The minimum Gasteiger partial charge on any atom is -0.446 e. The summed E-state index contributed by atoms with van der Waals surface area (Å²) in [6, 6.07) is 0. The lowest BCUT2D eigenvalue weighted by atomic mass is 9.47. The van der Waals surface area contributed by atoms with Crippen molar-refractivity contribution in [3.05, 3.63) is 11.6 Å². The number of ether oxygens (including phenoxy) is 3. The first-order valence-corrected chi connectivity index (χ1v) is 19.4. The molecule has 4 aliphatic carbocycles. The van der Waals surface area contributed by atoms with Crippen LogP contribution in [-0.2, 0) is 14.2 Å². The highest BCUT2D eigenvalue weighted by molar-refractivity contribution is 5.67. The Morgan fingerprint density at radius 1 is 0.978 bits per heavy atom. The Bertz CT molecular complexity index is 1040. The fourth-order valence-corrected chi connectivity index (χ4v) is 11.0. The van der Waals surface area contributed by atoms with E-state index in [2.05, 4.69) is 46.0 Å². The Labute approximate surface area is 275 Å². The zero-order valence-corrected chi connectivity index (χ0v) is 29.5. The van der Waals surface area contributed by atoms with Crippen LogP contribution in [0.3, 0.4) is 0 Å². The lowest BCUT2D eigenvalue weighted by Crippen LogP contribution is -2.51. The Kier molecular flexibility index (Phi) is 10.6. The van der Waals surface area contributed by atoms with E-state index in [1.165, 1.54) is 44.9 Å². The summed E-state index contributed by atoms with van der Waals surface area (Å²) in [5.74, 6) is 3.29. The van der Waals surface area contributed by atoms with Gasteiger partial charge in [-0.15, -0.1) is 0 Å². The number of fused-ring (bicyclic) bond motifs is 7. The Balaban J connectivity index is 1.04. The summed E-state index contributed by atoms with van der Waals surface area (Å²) in [6.07, 6.45) is 21.3. The van der Waals surface area contributed by atoms with E-state index in [4.69, 9.17) is 14.2 Å². The van der Waals surface area contributed by atoms with Crippen LogP contribution >= 0.6 is 0 Å². The van der Waals surface area contributed by atoms with Crippen LogP contribution in [0.25, 0.3) is 0 Å². The zero-order chi connectivity index (χ0) is 31.7. The molecule has 1 amide bonds. The minimum atomic E-state index is -0.286. The lowest BCUT2D eigenvalue weighted by molar-refractivity contribution is -0.255. The Morgan fingerprint density at radius 3 is 2.60 bits per heavy atom. The maximum atomic E-state index is 13.4. The van der Waals surface area contributed by atoms with E-state index in [-0.39, 0.29) is 23.4 Å². The third kappa shape index (κ3) is 6.77. The fourth-order valence-electron chi connectivity index (χ4n) is 11.0. The van der Waals surface area contributed by atoms with E-state index in [9.17, 15) is 4.79 Å². The number of carbonyl (C=O) groups is 1. The predicted molar refractivity (Wildman–Crippen MR) is 181 cm³/mol. The van der Waals surface area contributed by atoms with Crippen LogP contribution in [0.2, 0.25) is 0 Å². The molecule has 6 rings (SSSR count). The molecule has 0 aromatic rings. The van der Waals surface area contributed by atoms with Crippen LogP contribution in [0.15, 0.2) is 11.6 Å². The van der Waals surface area contributed by atoms with Crippen molar-refractivity contribution in [2.24, 2.45) is 40.4 Å². The number of carbonyl (C=O) groups excluding carboxylic acids is 1. The van der Waals surface area contributed by atoms with Crippen molar-refractivity contribution >= 4 is 6.09 Å². The molecular formula is C39H66N2O4. The number of hydrogen-bond acceptors (Lipinski definition) is 5. The first-order chi connectivity index (χ1) is 21.7. The smallest absolute Gasteiger partial charge is 0.410 e. The molecule has 6 aliphatic rings. The van der Waals surface area contributed by atoms with Gasteiger partial charge in [0, 0.05) is 32.4 Å². The number of amides is 1. The van der Waals surface area contributed by atoms with Crippen molar-refractivity contribution in [1.82, 2.24) is 10.2 Å². The van der Waals surface area contributed by atoms with E-state index >= 15 is 0 Å². The largest absolute Gasteiger partial charge is 0.446 e. The van der Waals surface area contributed by atoms with Gasteiger partial charge in [-0.3, -0.25) is 0 Å². The molecule has 5 fully saturated rings. The SMILES string of the molecule is CCCCN(CCCCCNCCC)C(=O)O[C@H]1CC[C@@]2(C)C(=CC[C@H]3[C@@H]4C[C@@H]5O[C@]6(CC[C@@H](C)CO6)C[C@@H]5[C@@]4(C)CC[C@@H]32)C1. The topological polar surface area (TPSA) is 60.0 Å². The third-order valence-electron chi connectivity index (χ3n) is 13.8. The van der Waals surface area contributed by atoms with Crippen molar-refractivity contribution in [3.63, 3.8) is 0 Å². The van der Waals surface area contributed by atoms with Crippen LogP contribution in [-0.4, -0.2) is 61.8 Å². The maximum Gasteiger partial charge on any atom is 0.410 e. The quantitative estimate of drug-likeness (QED) is 0.173. The Morgan fingerprint density at radius 2 is 1.82 bits per heavy atom. The number of allylic oxidation sites excluding steroid dienone is 1. The standard InChI is InChI=1S/C39H66N2O4/c1-6-8-22-41(23-11-9-10-21-40-20-7-2)36(42)44-30-15-17-37(4)29(24-30)12-13-31-32(37)16-18-38(5)33(31)25-35-34(38)26-39(45-35)19-14-28(3)27-43-39/h12,28,30-35,40H,6-11,13-27H2,1-5H3/t28-,30+,31-,32+,33+,34+,35+,37+,38+,39-/m1/s1. The first kappa shape index (κ1) is 33.8. The summed E-state index contributed by atoms with van der Waals surface area (Å²) in [7, 11) is 0. The summed E-state index contributed by atoms with van der Waals surface area (Å²) in [6.45, 7) is 16.6. The van der Waals surface area contributed by atoms with Gasteiger partial charge in [-0.05, 0) is 124 Å². The van der Waals surface area contributed by atoms with Gasteiger partial charge in [-0.1, -0.05) is 59.1 Å². The molecule has 0 radical (unpaired) electrons.